The van der Waals surface area contributed by atoms with Gasteiger partial charge in [0.05, 0.1) is 12.1 Å². The third kappa shape index (κ3) is 3.83. The fourth-order valence-electron chi connectivity index (χ4n) is 3.46. The number of carbonyl (C=O) groups excluding carboxylic acids is 1. The van der Waals surface area contributed by atoms with Gasteiger partial charge in [0.2, 0.25) is 0 Å². The van der Waals surface area contributed by atoms with Gasteiger partial charge in [0.15, 0.2) is 0 Å². The molecule has 1 amide bonds. The number of hydrogen-bond donors (Lipinski definition) is 1. The molecule has 0 aliphatic carbocycles. The molecule has 1 aromatic heterocycles. The minimum atomic E-state index is -0.176. The van der Waals surface area contributed by atoms with Crippen LogP contribution in [0.25, 0.3) is 10.9 Å². The van der Waals surface area contributed by atoms with Crippen LogP contribution in [0.2, 0.25) is 0 Å². The SMILES string of the molecule is Cc1ccc(C(=O)N(Cc2cc3cccc(C)c3[nH]c2=O)c2ccccc2)cc1. The maximum atomic E-state index is 13.3. The molecule has 3 aromatic carbocycles. The second-order valence-electron chi connectivity index (χ2n) is 7.26. The van der Waals surface area contributed by atoms with E-state index in [1.807, 2.05) is 92.7 Å². The first-order valence-electron chi connectivity index (χ1n) is 9.58. The second kappa shape index (κ2) is 7.76. The standard InChI is InChI=1S/C25H22N2O2/c1-17-11-13-19(14-12-17)25(29)27(22-9-4-3-5-10-22)16-21-15-20-8-6-7-18(2)23(20)26-24(21)28/h3-15H,16H2,1-2H3,(H,26,28). The molecule has 4 aromatic rings. The Morgan fingerprint density at radius 2 is 1.62 bits per heavy atom. The molecule has 144 valence electrons. The van der Waals surface area contributed by atoms with Crippen molar-refractivity contribution in [2.45, 2.75) is 20.4 Å². The van der Waals surface area contributed by atoms with Gasteiger partial charge in [0.1, 0.15) is 0 Å². The van der Waals surface area contributed by atoms with E-state index in [-0.39, 0.29) is 18.0 Å². The number of nitrogens with one attached hydrogen (secondary N) is 1. The maximum absolute atomic E-state index is 13.3. The summed E-state index contributed by atoms with van der Waals surface area (Å²) in [5.41, 5.74) is 4.65. The molecular formula is C25H22N2O2. The van der Waals surface area contributed by atoms with Crippen LogP contribution >= 0.6 is 0 Å². The van der Waals surface area contributed by atoms with Gasteiger partial charge in [0, 0.05) is 16.8 Å². The molecule has 4 rings (SSSR count). The molecule has 0 spiro atoms. The Balaban J connectivity index is 1.77. The lowest BCUT2D eigenvalue weighted by atomic mass is 10.1. The van der Waals surface area contributed by atoms with Gasteiger partial charge in [-0.1, -0.05) is 54.1 Å². The van der Waals surface area contributed by atoms with Gasteiger partial charge in [-0.25, -0.2) is 0 Å². The summed E-state index contributed by atoms with van der Waals surface area (Å²) in [6.45, 7) is 4.14. The van der Waals surface area contributed by atoms with Crippen molar-refractivity contribution in [3.63, 3.8) is 0 Å². The van der Waals surface area contributed by atoms with Gasteiger partial charge in [-0.05, 0) is 55.1 Å². The van der Waals surface area contributed by atoms with E-state index in [0.29, 0.717) is 11.1 Å². The zero-order chi connectivity index (χ0) is 20.4. The number of H-pyrrole nitrogens is 1. The van der Waals surface area contributed by atoms with E-state index < -0.39 is 0 Å². The van der Waals surface area contributed by atoms with E-state index in [9.17, 15) is 9.59 Å². The molecule has 0 unspecified atom stereocenters. The zero-order valence-electron chi connectivity index (χ0n) is 16.5. The summed E-state index contributed by atoms with van der Waals surface area (Å²) < 4.78 is 0. The number of para-hydroxylation sites is 2. The fourth-order valence-corrected chi connectivity index (χ4v) is 3.46. The Labute approximate surface area is 169 Å². The molecule has 0 bridgehead atoms. The highest BCUT2D eigenvalue weighted by molar-refractivity contribution is 6.06. The van der Waals surface area contributed by atoms with Gasteiger partial charge >= 0.3 is 0 Å². The van der Waals surface area contributed by atoms with Crippen LogP contribution in [0.5, 0.6) is 0 Å². The average Bonchev–Trinajstić information content (AvgIpc) is 2.74. The highest BCUT2D eigenvalue weighted by Gasteiger charge is 2.19. The van der Waals surface area contributed by atoms with Crippen LogP contribution < -0.4 is 10.5 Å². The topological polar surface area (TPSA) is 53.2 Å². The smallest absolute Gasteiger partial charge is 0.258 e. The normalized spacial score (nSPS) is 10.8. The number of aryl methyl sites for hydroxylation is 2. The summed E-state index contributed by atoms with van der Waals surface area (Å²) in [6.07, 6.45) is 0. The maximum Gasteiger partial charge on any atom is 0.258 e. The fraction of sp³-hybridized carbons (Fsp3) is 0.120. The van der Waals surface area contributed by atoms with E-state index in [0.717, 1.165) is 27.7 Å². The molecule has 1 heterocycles. The number of nitrogens with zero attached hydrogens (tertiary/aromatic N) is 1. The Bertz CT molecular complexity index is 1230. The molecule has 1 N–H and O–H groups in total. The lowest BCUT2D eigenvalue weighted by molar-refractivity contribution is 0.0985. The molecule has 0 aliphatic heterocycles. The Kier molecular flexibility index (Phi) is 5.00. The first-order valence-corrected chi connectivity index (χ1v) is 9.58. The number of hydrogen-bond acceptors (Lipinski definition) is 2. The monoisotopic (exact) mass is 382 g/mol. The van der Waals surface area contributed by atoms with E-state index in [1.54, 1.807) is 4.90 Å². The van der Waals surface area contributed by atoms with Gasteiger partial charge in [-0.15, -0.1) is 0 Å². The lowest BCUT2D eigenvalue weighted by Gasteiger charge is -2.23. The molecular weight excluding hydrogens is 360 g/mol. The number of amides is 1. The molecule has 0 aliphatic rings. The van der Waals surface area contributed by atoms with Gasteiger partial charge < -0.3 is 9.88 Å². The number of rotatable bonds is 4. The van der Waals surface area contributed by atoms with Crippen LogP contribution in [-0.2, 0) is 6.54 Å². The molecule has 0 atom stereocenters. The summed E-state index contributed by atoms with van der Waals surface area (Å²) in [4.78, 5) is 30.7. The van der Waals surface area contributed by atoms with Crippen LogP contribution in [0.4, 0.5) is 5.69 Å². The van der Waals surface area contributed by atoms with Crippen molar-refractivity contribution in [3.8, 4) is 0 Å². The van der Waals surface area contributed by atoms with Crippen molar-refractivity contribution in [2.24, 2.45) is 0 Å². The van der Waals surface area contributed by atoms with Gasteiger partial charge in [-0.2, -0.15) is 0 Å². The van der Waals surface area contributed by atoms with Crippen LogP contribution in [0.1, 0.15) is 27.0 Å². The molecule has 0 saturated heterocycles. The van der Waals surface area contributed by atoms with Crippen molar-refractivity contribution in [1.29, 1.82) is 0 Å². The van der Waals surface area contributed by atoms with E-state index in [1.165, 1.54) is 0 Å². The minimum absolute atomic E-state index is 0.139. The third-order valence-electron chi connectivity index (χ3n) is 5.10. The van der Waals surface area contributed by atoms with Crippen molar-refractivity contribution in [3.05, 3.63) is 111 Å². The van der Waals surface area contributed by atoms with Crippen molar-refractivity contribution in [2.75, 3.05) is 4.90 Å². The molecule has 0 radical (unpaired) electrons. The highest BCUT2D eigenvalue weighted by Crippen LogP contribution is 2.21. The van der Waals surface area contributed by atoms with Crippen LogP contribution in [0.15, 0.2) is 83.7 Å². The summed E-state index contributed by atoms with van der Waals surface area (Å²) in [5, 5.41) is 0.954. The number of aromatic nitrogens is 1. The Morgan fingerprint density at radius 1 is 0.897 bits per heavy atom. The van der Waals surface area contributed by atoms with Crippen molar-refractivity contribution >= 4 is 22.5 Å². The van der Waals surface area contributed by atoms with Crippen LogP contribution in [-0.4, -0.2) is 10.9 Å². The van der Waals surface area contributed by atoms with E-state index in [4.69, 9.17) is 0 Å². The summed E-state index contributed by atoms with van der Waals surface area (Å²) in [6, 6.07) is 24.7. The first-order chi connectivity index (χ1) is 14.0. The van der Waals surface area contributed by atoms with Crippen LogP contribution in [0, 0.1) is 13.8 Å². The highest BCUT2D eigenvalue weighted by atomic mass is 16.2. The molecule has 4 nitrogen and oxygen atoms in total. The second-order valence-corrected chi connectivity index (χ2v) is 7.26. The quantitative estimate of drug-likeness (QED) is 0.540. The van der Waals surface area contributed by atoms with E-state index >= 15 is 0 Å². The summed E-state index contributed by atoms with van der Waals surface area (Å²) >= 11 is 0. The number of fused-ring (bicyclic) bond motifs is 1. The number of carbonyl (C=O) groups is 1. The predicted molar refractivity (Wildman–Crippen MR) is 117 cm³/mol. The molecule has 29 heavy (non-hydrogen) atoms. The summed E-state index contributed by atoms with van der Waals surface area (Å²) in [7, 11) is 0. The van der Waals surface area contributed by atoms with Gasteiger partial charge in [-0.3, -0.25) is 9.59 Å². The van der Waals surface area contributed by atoms with E-state index in [2.05, 4.69) is 4.98 Å². The van der Waals surface area contributed by atoms with Gasteiger partial charge in [0.25, 0.3) is 11.5 Å². The molecule has 4 heteroatoms. The number of pyridine rings is 1. The number of benzene rings is 3. The first kappa shape index (κ1) is 18.7. The van der Waals surface area contributed by atoms with Crippen molar-refractivity contribution < 1.29 is 4.79 Å². The molecule has 0 saturated carbocycles. The zero-order valence-corrected chi connectivity index (χ0v) is 16.5. The number of anilines is 1. The average molecular weight is 382 g/mol. The molecule has 0 fully saturated rings. The Hall–Kier alpha value is -3.66. The van der Waals surface area contributed by atoms with Crippen molar-refractivity contribution in [1.82, 2.24) is 4.98 Å². The minimum Gasteiger partial charge on any atom is -0.321 e. The lowest BCUT2D eigenvalue weighted by Crippen LogP contribution is -2.32. The number of aromatic amines is 1. The third-order valence-corrected chi connectivity index (χ3v) is 5.10. The largest absolute Gasteiger partial charge is 0.321 e. The Morgan fingerprint density at radius 3 is 2.34 bits per heavy atom. The summed E-state index contributed by atoms with van der Waals surface area (Å²) in [5.74, 6) is -0.139. The van der Waals surface area contributed by atoms with Crippen LogP contribution in [0.3, 0.4) is 0 Å². The predicted octanol–water partition coefficient (Wildman–Crippen LogP) is 4.99.